The smallest absolute Gasteiger partial charge is 0.262 e. The van der Waals surface area contributed by atoms with E-state index in [1.165, 1.54) is 25.7 Å². The molecule has 2 aromatic carbocycles. The largest absolute Gasteiger partial charge is 0.484 e. The summed E-state index contributed by atoms with van der Waals surface area (Å²) in [6.45, 7) is 1.97. The number of nitrogens with zero attached hydrogens (tertiary/aromatic N) is 1. The van der Waals surface area contributed by atoms with Crippen LogP contribution in [0.5, 0.6) is 5.75 Å². The Bertz CT molecular complexity index is 735. The van der Waals surface area contributed by atoms with Gasteiger partial charge in [-0.15, -0.1) is 0 Å². The minimum absolute atomic E-state index is 0.0746. The van der Waals surface area contributed by atoms with Crippen molar-refractivity contribution < 1.29 is 14.3 Å². The maximum Gasteiger partial charge on any atom is 0.262 e. The van der Waals surface area contributed by atoms with E-state index in [0.29, 0.717) is 11.3 Å². The van der Waals surface area contributed by atoms with Crippen molar-refractivity contribution in [1.29, 1.82) is 0 Å². The molecule has 136 valence electrons. The van der Waals surface area contributed by atoms with Crippen LogP contribution in [0, 0.1) is 0 Å². The molecule has 1 saturated heterocycles. The Kier molecular flexibility index (Phi) is 6.25. The highest BCUT2D eigenvalue weighted by Gasteiger charge is 2.15. The second-order valence-electron chi connectivity index (χ2n) is 6.44. The Balaban J connectivity index is 1.60. The third-order valence-corrected chi connectivity index (χ3v) is 4.51. The van der Waals surface area contributed by atoms with Crippen LogP contribution in [0.3, 0.4) is 0 Å². The zero-order valence-corrected chi connectivity index (χ0v) is 14.8. The Morgan fingerprint density at radius 3 is 2.38 bits per heavy atom. The van der Waals surface area contributed by atoms with Gasteiger partial charge in [0.05, 0.1) is 11.4 Å². The third kappa shape index (κ3) is 4.85. The predicted molar refractivity (Wildman–Crippen MR) is 103 cm³/mol. The van der Waals surface area contributed by atoms with E-state index in [0.717, 1.165) is 30.8 Å². The number of ether oxygens (including phenoxy) is 1. The first-order valence-electron chi connectivity index (χ1n) is 9.08. The van der Waals surface area contributed by atoms with Gasteiger partial charge in [-0.2, -0.15) is 0 Å². The average molecular weight is 352 g/mol. The zero-order valence-electron chi connectivity index (χ0n) is 14.8. The van der Waals surface area contributed by atoms with E-state index in [-0.39, 0.29) is 12.5 Å². The summed E-state index contributed by atoms with van der Waals surface area (Å²) in [6.07, 6.45) is 5.67. The molecule has 1 aliphatic rings. The van der Waals surface area contributed by atoms with Crippen LogP contribution in [0.15, 0.2) is 48.5 Å². The second-order valence-corrected chi connectivity index (χ2v) is 6.44. The Hall–Kier alpha value is -2.82. The van der Waals surface area contributed by atoms with Crippen molar-refractivity contribution >= 4 is 23.6 Å². The zero-order chi connectivity index (χ0) is 18.2. The van der Waals surface area contributed by atoms with Crippen LogP contribution in [-0.2, 0) is 4.79 Å². The standard InChI is InChI=1S/C21H24N2O3/c24-15-17-9-11-18(12-10-17)26-16-21(25)22-19-7-3-4-8-20(19)23-13-5-1-2-6-14-23/h3-4,7-12,15H,1-2,5-6,13-14,16H2,(H,22,25). The topological polar surface area (TPSA) is 58.6 Å². The number of carbonyl (C=O) groups excluding carboxylic acids is 2. The maximum absolute atomic E-state index is 12.3. The summed E-state index contributed by atoms with van der Waals surface area (Å²) in [5.41, 5.74) is 2.46. The summed E-state index contributed by atoms with van der Waals surface area (Å²) in [5.74, 6) is 0.360. The van der Waals surface area contributed by atoms with Gasteiger partial charge in [0, 0.05) is 18.7 Å². The SMILES string of the molecule is O=Cc1ccc(OCC(=O)Nc2ccccc2N2CCCCCC2)cc1. The number of hydrogen-bond donors (Lipinski definition) is 1. The molecule has 3 rings (SSSR count). The van der Waals surface area contributed by atoms with Crippen molar-refractivity contribution in [1.82, 2.24) is 0 Å². The average Bonchev–Trinajstić information content (AvgIpc) is 2.96. The molecule has 0 spiro atoms. The number of rotatable bonds is 6. The molecule has 2 aromatic rings. The lowest BCUT2D eigenvalue weighted by Gasteiger charge is -2.25. The van der Waals surface area contributed by atoms with Gasteiger partial charge in [-0.1, -0.05) is 25.0 Å². The number of carbonyl (C=O) groups is 2. The summed E-state index contributed by atoms with van der Waals surface area (Å²) in [4.78, 5) is 25.3. The van der Waals surface area contributed by atoms with Crippen molar-refractivity contribution in [3.63, 3.8) is 0 Å². The monoisotopic (exact) mass is 352 g/mol. The minimum atomic E-state index is -0.202. The lowest BCUT2D eigenvalue weighted by atomic mass is 10.2. The fourth-order valence-corrected chi connectivity index (χ4v) is 3.14. The molecule has 0 aromatic heterocycles. The molecule has 1 heterocycles. The van der Waals surface area contributed by atoms with Crippen molar-refractivity contribution in [3.05, 3.63) is 54.1 Å². The molecular weight excluding hydrogens is 328 g/mol. The molecule has 5 nitrogen and oxygen atoms in total. The number of nitrogens with one attached hydrogen (secondary N) is 1. The number of benzene rings is 2. The highest BCUT2D eigenvalue weighted by atomic mass is 16.5. The van der Waals surface area contributed by atoms with E-state index in [9.17, 15) is 9.59 Å². The number of hydrogen-bond acceptors (Lipinski definition) is 4. The minimum Gasteiger partial charge on any atom is -0.484 e. The first-order valence-corrected chi connectivity index (χ1v) is 9.08. The van der Waals surface area contributed by atoms with E-state index in [2.05, 4.69) is 16.3 Å². The van der Waals surface area contributed by atoms with E-state index in [4.69, 9.17) is 4.74 Å². The fourth-order valence-electron chi connectivity index (χ4n) is 3.14. The molecular formula is C21H24N2O3. The molecule has 1 fully saturated rings. The normalized spacial score (nSPS) is 14.4. The second kappa shape index (κ2) is 9.04. The molecule has 0 atom stereocenters. The quantitative estimate of drug-likeness (QED) is 0.801. The Morgan fingerprint density at radius 1 is 1.00 bits per heavy atom. The summed E-state index contributed by atoms with van der Waals surface area (Å²) in [5, 5.41) is 2.96. The van der Waals surface area contributed by atoms with Gasteiger partial charge in [0.25, 0.3) is 5.91 Å². The predicted octanol–water partition coefficient (Wildman–Crippen LogP) is 3.90. The van der Waals surface area contributed by atoms with Crippen LogP contribution < -0.4 is 15.0 Å². The fraction of sp³-hybridized carbons (Fsp3) is 0.333. The first-order chi connectivity index (χ1) is 12.8. The number of para-hydroxylation sites is 2. The van der Waals surface area contributed by atoms with Gasteiger partial charge in [-0.05, 0) is 49.2 Å². The maximum atomic E-state index is 12.3. The molecule has 0 radical (unpaired) electrons. The lowest BCUT2D eigenvalue weighted by Crippen LogP contribution is -2.27. The van der Waals surface area contributed by atoms with E-state index in [1.54, 1.807) is 24.3 Å². The van der Waals surface area contributed by atoms with Gasteiger partial charge in [-0.3, -0.25) is 9.59 Å². The number of aldehydes is 1. The van der Waals surface area contributed by atoms with Crippen molar-refractivity contribution in [3.8, 4) is 5.75 Å². The van der Waals surface area contributed by atoms with Crippen LogP contribution in [-0.4, -0.2) is 31.9 Å². The molecule has 0 unspecified atom stereocenters. The molecule has 0 saturated carbocycles. The van der Waals surface area contributed by atoms with Gasteiger partial charge in [0.2, 0.25) is 0 Å². The van der Waals surface area contributed by atoms with Gasteiger partial charge < -0.3 is 15.0 Å². The third-order valence-electron chi connectivity index (χ3n) is 4.51. The van der Waals surface area contributed by atoms with Crippen LogP contribution in [0.1, 0.15) is 36.0 Å². The summed E-state index contributed by atoms with van der Waals surface area (Å²) in [7, 11) is 0. The van der Waals surface area contributed by atoms with Crippen molar-refractivity contribution in [2.24, 2.45) is 0 Å². The van der Waals surface area contributed by atoms with E-state index in [1.807, 2.05) is 18.2 Å². The Morgan fingerprint density at radius 2 is 1.69 bits per heavy atom. The van der Waals surface area contributed by atoms with Gasteiger partial charge in [0.15, 0.2) is 6.61 Å². The molecule has 1 amide bonds. The molecule has 1 N–H and O–H groups in total. The molecule has 26 heavy (non-hydrogen) atoms. The lowest BCUT2D eigenvalue weighted by molar-refractivity contribution is -0.118. The van der Waals surface area contributed by atoms with Crippen LogP contribution in [0.2, 0.25) is 0 Å². The van der Waals surface area contributed by atoms with E-state index >= 15 is 0 Å². The summed E-state index contributed by atoms with van der Waals surface area (Å²) < 4.78 is 5.50. The van der Waals surface area contributed by atoms with Crippen LogP contribution in [0.25, 0.3) is 0 Å². The van der Waals surface area contributed by atoms with Gasteiger partial charge in [0.1, 0.15) is 12.0 Å². The molecule has 5 heteroatoms. The van der Waals surface area contributed by atoms with E-state index < -0.39 is 0 Å². The molecule has 0 bridgehead atoms. The highest BCUT2D eigenvalue weighted by Crippen LogP contribution is 2.27. The first kappa shape index (κ1) is 18.0. The Labute approximate surface area is 154 Å². The highest BCUT2D eigenvalue weighted by molar-refractivity contribution is 5.95. The van der Waals surface area contributed by atoms with Crippen molar-refractivity contribution in [2.45, 2.75) is 25.7 Å². The number of anilines is 2. The molecule has 0 aliphatic carbocycles. The molecule has 1 aliphatic heterocycles. The van der Waals surface area contributed by atoms with Crippen LogP contribution in [0.4, 0.5) is 11.4 Å². The van der Waals surface area contributed by atoms with Crippen molar-refractivity contribution in [2.75, 3.05) is 29.9 Å². The van der Waals surface area contributed by atoms with Crippen LogP contribution >= 0.6 is 0 Å². The number of amides is 1. The summed E-state index contributed by atoms with van der Waals surface area (Å²) in [6, 6.07) is 14.6. The van der Waals surface area contributed by atoms with Gasteiger partial charge in [-0.25, -0.2) is 0 Å². The van der Waals surface area contributed by atoms with Gasteiger partial charge >= 0.3 is 0 Å². The summed E-state index contributed by atoms with van der Waals surface area (Å²) >= 11 is 0.